The van der Waals surface area contributed by atoms with E-state index in [9.17, 15) is 10.1 Å². The Labute approximate surface area is 204 Å². The van der Waals surface area contributed by atoms with Gasteiger partial charge in [0.2, 0.25) is 5.78 Å². The zero-order valence-electron chi connectivity index (χ0n) is 16.4. The number of hydrogen-bond donors (Lipinski definition) is 0. The van der Waals surface area contributed by atoms with Crippen LogP contribution in [0.25, 0.3) is 6.08 Å². The minimum atomic E-state index is -0.338. The molecular formula is C24H16Cl2INO3. The zero-order valence-corrected chi connectivity index (χ0v) is 20.0. The van der Waals surface area contributed by atoms with Crippen molar-refractivity contribution in [3.8, 4) is 17.6 Å². The van der Waals surface area contributed by atoms with E-state index < -0.39 is 0 Å². The lowest BCUT2D eigenvalue weighted by molar-refractivity contribution is 0.104. The van der Waals surface area contributed by atoms with Crippen molar-refractivity contribution in [2.75, 3.05) is 7.11 Å². The number of carbonyl (C=O) groups excluding carboxylic acids is 1. The smallest absolute Gasteiger partial charge is 0.203 e. The molecule has 3 rings (SSSR count). The Balaban J connectivity index is 1.88. The molecule has 0 heterocycles. The van der Waals surface area contributed by atoms with Crippen molar-refractivity contribution in [1.82, 2.24) is 0 Å². The highest BCUT2D eigenvalue weighted by molar-refractivity contribution is 14.1. The molecule has 0 unspecified atom stereocenters. The van der Waals surface area contributed by atoms with Gasteiger partial charge in [-0.3, -0.25) is 4.79 Å². The average molecular weight is 564 g/mol. The van der Waals surface area contributed by atoms with Crippen LogP contribution in [0.3, 0.4) is 0 Å². The summed E-state index contributed by atoms with van der Waals surface area (Å²) in [6.45, 7) is 0.230. The summed E-state index contributed by atoms with van der Waals surface area (Å²) in [7, 11) is 1.53. The first-order chi connectivity index (χ1) is 14.9. The lowest BCUT2D eigenvalue weighted by Gasteiger charge is -2.14. The second kappa shape index (κ2) is 10.7. The zero-order chi connectivity index (χ0) is 22.4. The van der Waals surface area contributed by atoms with Crippen molar-refractivity contribution in [2.45, 2.75) is 6.61 Å². The van der Waals surface area contributed by atoms with E-state index in [2.05, 4.69) is 22.6 Å². The number of carbonyl (C=O) groups is 1. The second-order valence-corrected chi connectivity index (χ2v) is 8.43. The van der Waals surface area contributed by atoms with E-state index in [4.69, 9.17) is 32.7 Å². The van der Waals surface area contributed by atoms with Gasteiger partial charge in [0.1, 0.15) is 18.2 Å². The summed E-state index contributed by atoms with van der Waals surface area (Å²) in [5, 5.41) is 10.6. The molecule has 7 heteroatoms. The number of halogens is 3. The number of ketones is 1. The minimum Gasteiger partial charge on any atom is -0.493 e. The lowest BCUT2D eigenvalue weighted by Crippen LogP contribution is -2.02. The molecule has 0 fully saturated rings. The van der Waals surface area contributed by atoms with E-state index in [1.54, 1.807) is 54.6 Å². The molecule has 4 nitrogen and oxygen atoms in total. The molecule has 0 saturated carbocycles. The Bertz CT molecular complexity index is 1190. The highest BCUT2D eigenvalue weighted by Gasteiger charge is 2.15. The molecule has 0 aromatic heterocycles. The molecule has 0 saturated heterocycles. The number of nitriles is 1. The fourth-order valence-corrected chi connectivity index (χ4v) is 4.06. The Morgan fingerprint density at radius 3 is 2.52 bits per heavy atom. The summed E-state index contributed by atoms with van der Waals surface area (Å²) < 4.78 is 12.2. The van der Waals surface area contributed by atoms with Gasteiger partial charge in [-0.05, 0) is 58.5 Å². The van der Waals surface area contributed by atoms with Crippen LogP contribution in [0.15, 0.2) is 66.2 Å². The third-order valence-corrected chi connectivity index (χ3v) is 5.74. The Hall–Kier alpha value is -2.53. The molecule has 0 aliphatic carbocycles. The van der Waals surface area contributed by atoms with Gasteiger partial charge in [0.25, 0.3) is 0 Å². The maximum Gasteiger partial charge on any atom is 0.203 e. The van der Waals surface area contributed by atoms with E-state index in [0.717, 1.165) is 9.13 Å². The minimum absolute atomic E-state index is 0.0330. The molecule has 0 aliphatic heterocycles. The number of ether oxygens (including phenoxy) is 2. The topological polar surface area (TPSA) is 59.3 Å². The van der Waals surface area contributed by atoms with E-state index in [-0.39, 0.29) is 18.0 Å². The highest BCUT2D eigenvalue weighted by Crippen LogP contribution is 2.36. The number of Topliss-reactive ketones (excluding diaryl/α,β-unsaturated/α-hetero) is 1. The fourth-order valence-electron chi connectivity index (χ4n) is 2.81. The Morgan fingerprint density at radius 1 is 1.13 bits per heavy atom. The van der Waals surface area contributed by atoms with Gasteiger partial charge in [-0.1, -0.05) is 59.6 Å². The van der Waals surface area contributed by atoms with Gasteiger partial charge in [0, 0.05) is 21.2 Å². The van der Waals surface area contributed by atoms with Crippen molar-refractivity contribution in [3.63, 3.8) is 0 Å². The molecule has 0 amide bonds. The van der Waals surface area contributed by atoms with Gasteiger partial charge in [0.05, 0.1) is 10.7 Å². The largest absolute Gasteiger partial charge is 0.493 e. The van der Waals surface area contributed by atoms with Crippen molar-refractivity contribution in [2.24, 2.45) is 0 Å². The lowest BCUT2D eigenvalue weighted by atomic mass is 10.0. The summed E-state index contributed by atoms with van der Waals surface area (Å²) in [4.78, 5) is 12.6. The molecule has 0 atom stereocenters. The molecule has 3 aromatic carbocycles. The van der Waals surface area contributed by atoms with Crippen molar-refractivity contribution in [1.29, 1.82) is 5.26 Å². The summed E-state index contributed by atoms with van der Waals surface area (Å²) >= 11 is 14.3. The molecule has 3 aromatic rings. The predicted molar refractivity (Wildman–Crippen MR) is 131 cm³/mol. The Morgan fingerprint density at radius 2 is 1.87 bits per heavy atom. The molecule has 0 radical (unpaired) electrons. The maximum absolute atomic E-state index is 12.6. The van der Waals surface area contributed by atoms with Crippen LogP contribution >= 0.6 is 45.8 Å². The molecule has 0 aliphatic rings. The first-order valence-corrected chi connectivity index (χ1v) is 10.9. The van der Waals surface area contributed by atoms with Crippen LogP contribution in [0.1, 0.15) is 21.5 Å². The summed E-state index contributed by atoms with van der Waals surface area (Å²) in [5.74, 6) is 0.682. The van der Waals surface area contributed by atoms with Crippen molar-refractivity contribution >= 4 is 57.7 Å². The average Bonchev–Trinajstić information content (AvgIpc) is 2.77. The first-order valence-electron chi connectivity index (χ1n) is 9.08. The highest BCUT2D eigenvalue weighted by atomic mass is 127. The van der Waals surface area contributed by atoms with Crippen LogP contribution in [-0.4, -0.2) is 12.9 Å². The second-order valence-electron chi connectivity index (χ2n) is 6.42. The van der Waals surface area contributed by atoms with Crippen LogP contribution in [-0.2, 0) is 6.61 Å². The number of nitrogens with zero attached hydrogens (tertiary/aromatic N) is 1. The van der Waals surface area contributed by atoms with Gasteiger partial charge >= 0.3 is 0 Å². The molecule has 156 valence electrons. The fraction of sp³-hybridized carbons (Fsp3) is 0.0833. The number of methoxy groups -OCH3 is 1. The van der Waals surface area contributed by atoms with Gasteiger partial charge in [-0.25, -0.2) is 0 Å². The normalized spacial score (nSPS) is 11.0. The van der Waals surface area contributed by atoms with Crippen molar-refractivity contribution < 1.29 is 14.3 Å². The number of allylic oxidation sites excluding steroid dienone is 1. The quantitative estimate of drug-likeness (QED) is 0.135. The van der Waals surface area contributed by atoms with Gasteiger partial charge in [-0.2, -0.15) is 5.26 Å². The molecule has 0 bridgehead atoms. The summed E-state index contributed by atoms with van der Waals surface area (Å²) in [6.07, 6.45) is 1.54. The van der Waals surface area contributed by atoms with Crippen LogP contribution in [0.4, 0.5) is 0 Å². The molecule has 0 N–H and O–H groups in total. The molecule has 0 spiro atoms. The monoisotopic (exact) mass is 563 g/mol. The molecular weight excluding hydrogens is 548 g/mol. The van der Waals surface area contributed by atoms with E-state index >= 15 is 0 Å². The first kappa shape index (κ1) is 23.1. The van der Waals surface area contributed by atoms with Gasteiger partial charge in [-0.15, -0.1) is 0 Å². The van der Waals surface area contributed by atoms with Crippen LogP contribution in [0.2, 0.25) is 10.0 Å². The Kier molecular flexibility index (Phi) is 7.97. The number of benzene rings is 3. The van der Waals surface area contributed by atoms with E-state index in [1.165, 1.54) is 7.11 Å². The van der Waals surface area contributed by atoms with E-state index in [0.29, 0.717) is 32.7 Å². The third kappa shape index (κ3) is 5.79. The van der Waals surface area contributed by atoms with Crippen LogP contribution < -0.4 is 9.47 Å². The van der Waals surface area contributed by atoms with E-state index in [1.807, 2.05) is 18.2 Å². The third-order valence-electron chi connectivity index (χ3n) is 4.35. The van der Waals surface area contributed by atoms with Crippen LogP contribution in [0, 0.1) is 14.9 Å². The van der Waals surface area contributed by atoms with Gasteiger partial charge in [0.15, 0.2) is 11.5 Å². The SMILES string of the molecule is COc1cc(/C=C(\C#N)C(=O)c2ccccc2)cc(I)c1OCc1ccc(Cl)cc1Cl. The standard InChI is InChI=1S/C24H16Cl2INO3/c1-30-22-11-15(9-18(13-28)23(29)16-5-3-2-4-6-16)10-21(27)24(22)31-14-17-7-8-19(25)12-20(17)26/h2-12H,14H2,1H3/b18-9+. The molecule has 31 heavy (non-hydrogen) atoms. The number of hydrogen-bond acceptors (Lipinski definition) is 4. The maximum atomic E-state index is 12.6. The summed E-state index contributed by atoms with van der Waals surface area (Å²) in [6, 6.07) is 19.4. The number of rotatable bonds is 7. The summed E-state index contributed by atoms with van der Waals surface area (Å²) in [5.41, 5.74) is 1.93. The van der Waals surface area contributed by atoms with Crippen LogP contribution in [0.5, 0.6) is 11.5 Å². The predicted octanol–water partition coefficient (Wildman–Crippen LogP) is 6.98. The van der Waals surface area contributed by atoms with Gasteiger partial charge < -0.3 is 9.47 Å². The van der Waals surface area contributed by atoms with Crippen molar-refractivity contribution in [3.05, 3.63) is 96.5 Å².